The molecule has 0 unspecified atom stereocenters. The maximum absolute atomic E-state index is 5.72. The first-order valence-electron chi connectivity index (χ1n) is 7.21. The van der Waals surface area contributed by atoms with Crippen LogP contribution in [0.15, 0.2) is 47.8 Å². The van der Waals surface area contributed by atoms with Gasteiger partial charge in [-0.15, -0.1) is 11.3 Å². The van der Waals surface area contributed by atoms with Gasteiger partial charge in [0.15, 0.2) is 11.5 Å². The van der Waals surface area contributed by atoms with E-state index >= 15 is 0 Å². The Morgan fingerprint density at radius 1 is 1.00 bits per heavy atom. The fraction of sp³-hybridized carbons (Fsp3) is 0.167. The molecule has 0 spiro atoms. The van der Waals surface area contributed by atoms with Crippen molar-refractivity contribution in [2.75, 3.05) is 20.0 Å². The van der Waals surface area contributed by atoms with E-state index in [0.717, 1.165) is 45.4 Å². The summed E-state index contributed by atoms with van der Waals surface area (Å²) < 4.78 is 10.6. The predicted molar refractivity (Wildman–Crippen MR) is 94.3 cm³/mol. The molecule has 1 heterocycles. The van der Waals surface area contributed by atoms with E-state index in [2.05, 4.69) is 5.38 Å². The SMILES string of the molecule is COc1ccc(Cc2nc(-c3ccc(N)cc3)cs2)cc1OC. The highest BCUT2D eigenvalue weighted by Gasteiger charge is 2.08. The molecule has 118 valence electrons. The third kappa shape index (κ3) is 3.46. The van der Waals surface area contributed by atoms with Crippen LogP contribution in [0.5, 0.6) is 11.5 Å². The molecule has 0 aliphatic carbocycles. The topological polar surface area (TPSA) is 57.4 Å². The number of ether oxygens (including phenoxy) is 2. The number of thiazole rings is 1. The fourth-order valence-corrected chi connectivity index (χ4v) is 3.18. The lowest BCUT2D eigenvalue weighted by Crippen LogP contribution is -1.93. The Hall–Kier alpha value is -2.53. The Labute approximate surface area is 139 Å². The van der Waals surface area contributed by atoms with Gasteiger partial charge in [-0.3, -0.25) is 0 Å². The number of nitrogen functional groups attached to an aromatic ring is 1. The lowest BCUT2D eigenvalue weighted by Gasteiger charge is -2.08. The third-order valence-corrected chi connectivity index (χ3v) is 4.41. The van der Waals surface area contributed by atoms with Gasteiger partial charge in [-0.25, -0.2) is 4.98 Å². The van der Waals surface area contributed by atoms with Crippen LogP contribution in [-0.2, 0) is 6.42 Å². The monoisotopic (exact) mass is 326 g/mol. The minimum absolute atomic E-state index is 0.734. The van der Waals surface area contributed by atoms with Crippen LogP contribution in [0.1, 0.15) is 10.6 Å². The first-order valence-corrected chi connectivity index (χ1v) is 8.09. The second-order valence-electron chi connectivity index (χ2n) is 5.11. The number of anilines is 1. The van der Waals surface area contributed by atoms with Crippen LogP contribution in [0.25, 0.3) is 11.3 Å². The molecule has 2 aromatic carbocycles. The van der Waals surface area contributed by atoms with Crippen molar-refractivity contribution < 1.29 is 9.47 Å². The Bertz CT molecular complexity index is 797. The van der Waals surface area contributed by atoms with Gasteiger partial charge in [-0.05, 0) is 29.8 Å². The summed E-state index contributed by atoms with van der Waals surface area (Å²) >= 11 is 1.65. The summed E-state index contributed by atoms with van der Waals surface area (Å²) in [6.07, 6.45) is 0.764. The van der Waals surface area contributed by atoms with Crippen LogP contribution in [0.3, 0.4) is 0 Å². The minimum Gasteiger partial charge on any atom is -0.493 e. The van der Waals surface area contributed by atoms with Crippen LogP contribution >= 0.6 is 11.3 Å². The van der Waals surface area contributed by atoms with Crippen molar-refractivity contribution in [3.8, 4) is 22.8 Å². The summed E-state index contributed by atoms with van der Waals surface area (Å²) in [5.74, 6) is 1.47. The molecule has 0 fully saturated rings. The molecular formula is C18H18N2O2S. The van der Waals surface area contributed by atoms with E-state index in [1.807, 2.05) is 42.5 Å². The molecule has 0 saturated heterocycles. The van der Waals surface area contributed by atoms with Crippen LogP contribution < -0.4 is 15.2 Å². The Morgan fingerprint density at radius 3 is 2.43 bits per heavy atom. The Kier molecular flexibility index (Phi) is 4.48. The first-order chi connectivity index (χ1) is 11.2. The predicted octanol–water partition coefficient (Wildman–Crippen LogP) is 4.00. The number of aromatic nitrogens is 1. The molecule has 23 heavy (non-hydrogen) atoms. The number of benzene rings is 2. The van der Waals surface area contributed by atoms with E-state index in [1.54, 1.807) is 25.6 Å². The van der Waals surface area contributed by atoms with Crippen LogP contribution in [0, 0.1) is 0 Å². The molecule has 0 radical (unpaired) electrons. The minimum atomic E-state index is 0.734. The molecule has 2 N–H and O–H groups in total. The van der Waals surface area contributed by atoms with Gasteiger partial charge in [0, 0.05) is 23.1 Å². The number of rotatable bonds is 5. The van der Waals surface area contributed by atoms with E-state index < -0.39 is 0 Å². The second kappa shape index (κ2) is 6.71. The van der Waals surface area contributed by atoms with Gasteiger partial charge >= 0.3 is 0 Å². The summed E-state index contributed by atoms with van der Waals surface area (Å²) in [5, 5.41) is 3.13. The van der Waals surface area contributed by atoms with Crippen LogP contribution in [-0.4, -0.2) is 19.2 Å². The highest BCUT2D eigenvalue weighted by molar-refractivity contribution is 7.10. The number of hydrogen-bond donors (Lipinski definition) is 1. The maximum atomic E-state index is 5.72. The maximum Gasteiger partial charge on any atom is 0.160 e. The molecule has 5 heteroatoms. The van der Waals surface area contributed by atoms with Gasteiger partial charge in [-0.1, -0.05) is 18.2 Å². The summed E-state index contributed by atoms with van der Waals surface area (Å²) in [5.41, 5.74) is 9.68. The van der Waals surface area contributed by atoms with Gasteiger partial charge in [0.1, 0.15) is 0 Å². The standard InChI is InChI=1S/C18H18N2O2S/c1-21-16-8-3-12(9-17(16)22-2)10-18-20-15(11-23-18)13-4-6-14(19)7-5-13/h3-9,11H,10,19H2,1-2H3. The van der Waals surface area contributed by atoms with Crippen molar-refractivity contribution in [1.29, 1.82) is 0 Å². The quantitative estimate of drug-likeness (QED) is 0.720. The average Bonchev–Trinajstić information content (AvgIpc) is 3.04. The van der Waals surface area contributed by atoms with Crippen molar-refractivity contribution in [3.63, 3.8) is 0 Å². The number of nitrogens with zero attached hydrogens (tertiary/aromatic N) is 1. The molecule has 0 amide bonds. The molecule has 3 aromatic rings. The van der Waals surface area contributed by atoms with Crippen molar-refractivity contribution >= 4 is 17.0 Å². The molecule has 3 rings (SSSR count). The molecule has 0 bridgehead atoms. The lowest BCUT2D eigenvalue weighted by atomic mass is 10.1. The van der Waals surface area contributed by atoms with E-state index in [1.165, 1.54) is 0 Å². The average molecular weight is 326 g/mol. The zero-order valence-corrected chi connectivity index (χ0v) is 13.9. The molecule has 0 saturated carbocycles. The lowest BCUT2D eigenvalue weighted by molar-refractivity contribution is 0.354. The normalized spacial score (nSPS) is 10.5. The van der Waals surface area contributed by atoms with Crippen molar-refractivity contribution in [2.24, 2.45) is 0 Å². The molecule has 4 nitrogen and oxygen atoms in total. The zero-order valence-electron chi connectivity index (χ0n) is 13.1. The van der Waals surface area contributed by atoms with E-state index in [9.17, 15) is 0 Å². The van der Waals surface area contributed by atoms with E-state index in [4.69, 9.17) is 20.2 Å². The summed E-state index contributed by atoms with van der Waals surface area (Å²) in [4.78, 5) is 4.71. The van der Waals surface area contributed by atoms with E-state index in [-0.39, 0.29) is 0 Å². The Balaban J connectivity index is 1.80. The smallest absolute Gasteiger partial charge is 0.160 e. The van der Waals surface area contributed by atoms with Gasteiger partial charge < -0.3 is 15.2 Å². The van der Waals surface area contributed by atoms with Crippen molar-refractivity contribution in [2.45, 2.75) is 6.42 Å². The first kappa shape index (κ1) is 15.4. The summed E-state index contributed by atoms with van der Waals surface area (Å²) in [6, 6.07) is 13.7. The van der Waals surface area contributed by atoms with Gasteiger partial charge in [-0.2, -0.15) is 0 Å². The fourth-order valence-electron chi connectivity index (χ4n) is 2.34. The zero-order chi connectivity index (χ0) is 16.2. The van der Waals surface area contributed by atoms with Gasteiger partial charge in [0.2, 0.25) is 0 Å². The summed E-state index contributed by atoms with van der Waals surface area (Å²) in [6.45, 7) is 0. The second-order valence-corrected chi connectivity index (χ2v) is 6.06. The van der Waals surface area contributed by atoms with E-state index in [0.29, 0.717) is 0 Å². The molecule has 0 atom stereocenters. The number of hydrogen-bond acceptors (Lipinski definition) is 5. The van der Waals surface area contributed by atoms with Gasteiger partial charge in [0.05, 0.1) is 24.9 Å². The molecule has 0 aliphatic heterocycles. The third-order valence-electron chi connectivity index (χ3n) is 3.56. The highest BCUT2D eigenvalue weighted by atomic mass is 32.1. The van der Waals surface area contributed by atoms with Gasteiger partial charge in [0.25, 0.3) is 0 Å². The molecule has 0 aliphatic rings. The van der Waals surface area contributed by atoms with Crippen LogP contribution in [0.2, 0.25) is 0 Å². The number of methoxy groups -OCH3 is 2. The molecule has 1 aromatic heterocycles. The number of nitrogens with two attached hydrogens (primary N) is 1. The highest BCUT2D eigenvalue weighted by Crippen LogP contribution is 2.30. The largest absolute Gasteiger partial charge is 0.493 e. The van der Waals surface area contributed by atoms with Crippen molar-refractivity contribution in [3.05, 3.63) is 58.4 Å². The Morgan fingerprint density at radius 2 is 1.74 bits per heavy atom. The van der Waals surface area contributed by atoms with Crippen molar-refractivity contribution in [1.82, 2.24) is 4.98 Å². The summed E-state index contributed by atoms with van der Waals surface area (Å²) in [7, 11) is 3.28. The molecular weight excluding hydrogens is 308 g/mol. The van der Waals surface area contributed by atoms with Crippen LogP contribution in [0.4, 0.5) is 5.69 Å².